The van der Waals surface area contributed by atoms with Crippen LogP contribution in [-0.4, -0.2) is 40.1 Å². The number of amides is 1. The van der Waals surface area contributed by atoms with E-state index in [0.29, 0.717) is 18.5 Å². The maximum absolute atomic E-state index is 12.5. The van der Waals surface area contributed by atoms with Crippen molar-refractivity contribution >= 4 is 45.1 Å². The zero-order chi connectivity index (χ0) is 22.8. The van der Waals surface area contributed by atoms with Crippen molar-refractivity contribution in [1.29, 1.82) is 0 Å². The molecule has 1 saturated heterocycles. The Morgan fingerprint density at radius 2 is 2.06 bits per heavy atom. The third kappa shape index (κ3) is 4.84. The lowest BCUT2D eigenvalue weighted by Crippen LogP contribution is -2.32. The number of halogens is 1. The highest BCUT2D eigenvalue weighted by atomic mass is 79.9. The smallest absolute Gasteiger partial charge is 0.253 e. The first-order chi connectivity index (χ1) is 16.1. The van der Waals surface area contributed by atoms with E-state index >= 15 is 0 Å². The van der Waals surface area contributed by atoms with Crippen molar-refractivity contribution in [3.8, 4) is 0 Å². The van der Waals surface area contributed by atoms with Crippen LogP contribution < -0.4 is 15.5 Å². The van der Waals surface area contributed by atoms with Crippen LogP contribution in [0, 0.1) is 6.92 Å². The Balaban J connectivity index is 1.31. The second-order valence-corrected chi connectivity index (χ2v) is 9.20. The second-order valence-electron chi connectivity index (χ2n) is 8.29. The summed E-state index contributed by atoms with van der Waals surface area (Å²) >= 11 is 3.55. The van der Waals surface area contributed by atoms with Crippen LogP contribution in [0.5, 0.6) is 0 Å². The van der Waals surface area contributed by atoms with Gasteiger partial charge < -0.3 is 20.3 Å². The predicted octanol–water partition coefficient (Wildman–Crippen LogP) is 4.37. The van der Waals surface area contributed by atoms with Crippen LogP contribution in [0.4, 0.5) is 23.3 Å². The number of rotatable bonds is 5. The molecule has 9 heteroatoms. The van der Waals surface area contributed by atoms with E-state index < -0.39 is 0 Å². The Morgan fingerprint density at radius 1 is 1.18 bits per heavy atom. The van der Waals surface area contributed by atoms with E-state index in [9.17, 15) is 4.79 Å². The van der Waals surface area contributed by atoms with Crippen LogP contribution in [0.3, 0.4) is 0 Å². The largest absolute Gasteiger partial charge is 0.368 e. The SMILES string of the molecule is Cc1c(NC(=O)[C@H]2CCCO2)cccc1Nc1ncnc(N2CCc3cc(Br)ccc3C2)n1. The van der Waals surface area contributed by atoms with Gasteiger partial charge in [0, 0.05) is 35.5 Å². The van der Waals surface area contributed by atoms with Crippen LogP contribution in [0.15, 0.2) is 47.2 Å². The molecule has 1 atom stereocenters. The maximum Gasteiger partial charge on any atom is 0.253 e. The second kappa shape index (κ2) is 9.44. The first-order valence-corrected chi connectivity index (χ1v) is 11.9. The highest BCUT2D eigenvalue weighted by Gasteiger charge is 2.24. The van der Waals surface area contributed by atoms with E-state index in [1.807, 2.05) is 25.1 Å². The molecule has 33 heavy (non-hydrogen) atoms. The Hall–Kier alpha value is -3.04. The molecule has 0 bridgehead atoms. The number of benzene rings is 2. The van der Waals surface area contributed by atoms with Crippen molar-refractivity contribution in [3.05, 3.63) is 63.9 Å². The molecule has 1 amide bonds. The number of nitrogens with one attached hydrogen (secondary N) is 2. The molecule has 0 spiro atoms. The van der Waals surface area contributed by atoms with Gasteiger partial charge in [-0.3, -0.25) is 4.79 Å². The Morgan fingerprint density at radius 3 is 2.91 bits per heavy atom. The molecule has 2 aromatic carbocycles. The third-order valence-electron chi connectivity index (χ3n) is 6.08. The molecule has 0 radical (unpaired) electrons. The highest BCUT2D eigenvalue weighted by Crippen LogP contribution is 2.28. The minimum atomic E-state index is -0.372. The highest BCUT2D eigenvalue weighted by molar-refractivity contribution is 9.10. The minimum absolute atomic E-state index is 0.104. The van der Waals surface area contributed by atoms with Gasteiger partial charge in [0.2, 0.25) is 11.9 Å². The molecule has 0 saturated carbocycles. The Labute approximate surface area is 200 Å². The summed E-state index contributed by atoms with van der Waals surface area (Å²) in [4.78, 5) is 28.0. The van der Waals surface area contributed by atoms with E-state index in [1.165, 1.54) is 17.5 Å². The number of nitrogens with zero attached hydrogens (tertiary/aromatic N) is 4. The van der Waals surface area contributed by atoms with Crippen LogP contribution in [-0.2, 0) is 22.5 Å². The van der Waals surface area contributed by atoms with Gasteiger partial charge in [-0.15, -0.1) is 0 Å². The van der Waals surface area contributed by atoms with E-state index in [1.54, 1.807) is 0 Å². The van der Waals surface area contributed by atoms with Crippen molar-refractivity contribution in [2.45, 2.75) is 38.8 Å². The number of carbonyl (C=O) groups is 1. The molecule has 8 nitrogen and oxygen atoms in total. The lowest BCUT2D eigenvalue weighted by atomic mass is 10.0. The normalized spacial score (nSPS) is 17.5. The minimum Gasteiger partial charge on any atom is -0.368 e. The van der Waals surface area contributed by atoms with Gasteiger partial charge in [0.1, 0.15) is 12.4 Å². The van der Waals surface area contributed by atoms with Gasteiger partial charge in [-0.05, 0) is 67.1 Å². The lowest BCUT2D eigenvalue weighted by Gasteiger charge is -2.29. The number of hydrogen-bond acceptors (Lipinski definition) is 7. The fourth-order valence-electron chi connectivity index (χ4n) is 4.22. The Kier molecular flexibility index (Phi) is 6.24. The summed E-state index contributed by atoms with van der Waals surface area (Å²) in [6, 6.07) is 12.1. The molecule has 170 valence electrons. The summed E-state index contributed by atoms with van der Waals surface area (Å²) in [5.41, 5.74) is 5.11. The van der Waals surface area contributed by atoms with Gasteiger partial charge in [0.05, 0.1) is 0 Å². The summed E-state index contributed by atoms with van der Waals surface area (Å²) in [6.45, 7) is 4.20. The number of hydrogen-bond donors (Lipinski definition) is 2. The number of fused-ring (bicyclic) bond motifs is 1. The lowest BCUT2D eigenvalue weighted by molar-refractivity contribution is -0.124. The first-order valence-electron chi connectivity index (χ1n) is 11.1. The molecule has 1 fully saturated rings. The molecule has 1 aromatic heterocycles. The van der Waals surface area contributed by atoms with Crippen LogP contribution >= 0.6 is 15.9 Å². The molecule has 2 aliphatic rings. The Bertz CT molecular complexity index is 1180. The van der Waals surface area contributed by atoms with Crippen molar-refractivity contribution in [2.24, 2.45) is 0 Å². The summed E-state index contributed by atoms with van der Waals surface area (Å²) in [5, 5.41) is 6.27. The van der Waals surface area contributed by atoms with Crippen molar-refractivity contribution < 1.29 is 9.53 Å². The summed E-state index contributed by atoms with van der Waals surface area (Å²) in [6.07, 6.45) is 3.77. The van der Waals surface area contributed by atoms with E-state index in [4.69, 9.17) is 4.74 Å². The van der Waals surface area contributed by atoms with Crippen LogP contribution in [0.1, 0.15) is 29.5 Å². The molecular formula is C24H25BrN6O2. The summed E-state index contributed by atoms with van der Waals surface area (Å²) < 4.78 is 6.59. The summed E-state index contributed by atoms with van der Waals surface area (Å²) in [7, 11) is 0. The van der Waals surface area contributed by atoms with Gasteiger partial charge >= 0.3 is 0 Å². The number of carbonyl (C=O) groups excluding carboxylic acids is 1. The molecular weight excluding hydrogens is 484 g/mol. The fourth-order valence-corrected chi connectivity index (χ4v) is 4.63. The number of aromatic nitrogens is 3. The van der Waals surface area contributed by atoms with Gasteiger partial charge in [0.15, 0.2) is 0 Å². The fraction of sp³-hybridized carbons (Fsp3) is 0.333. The van der Waals surface area contributed by atoms with Crippen LogP contribution in [0.2, 0.25) is 0 Å². The van der Waals surface area contributed by atoms with E-state index in [0.717, 1.165) is 53.8 Å². The van der Waals surface area contributed by atoms with Gasteiger partial charge in [-0.1, -0.05) is 28.1 Å². The molecule has 0 aliphatic carbocycles. The zero-order valence-corrected chi connectivity index (χ0v) is 19.9. The zero-order valence-electron chi connectivity index (χ0n) is 18.3. The van der Waals surface area contributed by atoms with Gasteiger partial charge in [-0.2, -0.15) is 4.98 Å². The summed E-state index contributed by atoms with van der Waals surface area (Å²) in [5.74, 6) is 1.00. The first kappa shape index (κ1) is 21.8. The maximum atomic E-state index is 12.5. The average molecular weight is 509 g/mol. The van der Waals surface area contributed by atoms with Gasteiger partial charge in [-0.25, -0.2) is 9.97 Å². The third-order valence-corrected chi connectivity index (χ3v) is 6.58. The molecule has 3 aromatic rings. The van der Waals surface area contributed by atoms with Crippen molar-refractivity contribution in [2.75, 3.05) is 28.7 Å². The standard InChI is InChI=1S/C24H25BrN6O2/c1-15-19(28-22(32)21-6-3-11-33-21)4-2-5-20(15)29-23-26-14-27-24(30-23)31-10-9-16-12-18(25)8-7-17(16)13-31/h2,4-5,7-8,12,14,21H,3,6,9-11,13H2,1H3,(H,28,32)(H,26,27,29,30)/t21-/m1/s1. The number of ether oxygens (including phenoxy) is 1. The molecule has 0 unspecified atom stereocenters. The molecule has 3 heterocycles. The molecule has 5 rings (SSSR count). The average Bonchev–Trinajstić information content (AvgIpc) is 3.37. The quantitative estimate of drug-likeness (QED) is 0.528. The van der Waals surface area contributed by atoms with Gasteiger partial charge in [0.25, 0.3) is 5.91 Å². The predicted molar refractivity (Wildman–Crippen MR) is 131 cm³/mol. The van der Waals surface area contributed by atoms with Crippen molar-refractivity contribution in [1.82, 2.24) is 15.0 Å². The molecule has 2 aliphatic heterocycles. The van der Waals surface area contributed by atoms with Crippen molar-refractivity contribution in [3.63, 3.8) is 0 Å². The number of anilines is 4. The topological polar surface area (TPSA) is 92.3 Å². The van der Waals surface area contributed by atoms with E-state index in [2.05, 4.69) is 64.6 Å². The monoisotopic (exact) mass is 508 g/mol. The molecule has 2 N–H and O–H groups in total. The van der Waals surface area contributed by atoms with Crippen LogP contribution in [0.25, 0.3) is 0 Å². The van der Waals surface area contributed by atoms with E-state index in [-0.39, 0.29) is 12.0 Å².